The Labute approximate surface area is 236 Å². The molecule has 0 saturated heterocycles. The topological polar surface area (TPSA) is 82.6 Å². The lowest BCUT2D eigenvalue weighted by atomic mass is 9.90. The molecule has 0 saturated carbocycles. The molecule has 204 valence electrons. The average Bonchev–Trinajstić information content (AvgIpc) is 3.38. The van der Waals surface area contributed by atoms with Crippen LogP contribution >= 0.6 is 0 Å². The Morgan fingerprint density at radius 3 is 2.60 bits per heavy atom. The summed E-state index contributed by atoms with van der Waals surface area (Å²) in [5.41, 5.74) is 10.2. The second-order valence-electron chi connectivity index (χ2n) is 11.0. The van der Waals surface area contributed by atoms with Gasteiger partial charge in [0, 0.05) is 31.5 Å². The van der Waals surface area contributed by atoms with E-state index in [1.54, 1.807) is 0 Å². The number of H-pyrrole nitrogens is 1. The molecule has 0 fully saturated rings. The third kappa shape index (κ3) is 5.81. The predicted molar refractivity (Wildman–Crippen MR) is 158 cm³/mol. The first-order valence-electron chi connectivity index (χ1n) is 14.3. The van der Waals surface area contributed by atoms with Crippen molar-refractivity contribution < 1.29 is 0 Å². The van der Waals surface area contributed by atoms with Crippen LogP contribution in [0.25, 0.3) is 11.0 Å². The van der Waals surface area contributed by atoms with Crippen molar-refractivity contribution in [3.8, 4) is 0 Å². The maximum atomic E-state index is 4.90. The number of para-hydroxylation sites is 2. The van der Waals surface area contributed by atoms with E-state index in [1.165, 1.54) is 28.8 Å². The van der Waals surface area contributed by atoms with E-state index >= 15 is 0 Å². The lowest BCUT2D eigenvalue weighted by molar-refractivity contribution is 0.153. The van der Waals surface area contributed by atoms with Crippen LogP contribution in [0.15, 0.2) is 73.1 Å². The third-order valence-electron chi connectivity index (χ3n) is 7.93. The minimum Gasteiger partial charge on any atom is -0.341 e. The number of rotatable bonds is 9. The molecular formula is C33H37N7. The largest absolute Gasteiger partial charge is 0.341 e. The van der Waals surface area contributed by atoms with E-state index in [0.717, 1.165) is 66.4 Å². The maximum Gasteiger partial charge on any atom is 0.121 e. The number of nitrogens with one attached hydrogen (secondary N) is 2. The van der Waals surface area contributed by atoms with E-state index in [0.29, 0.717) is 0 Å². The Kier molecular flexibility index (Phi) is 7.66. The van der Waals surface area contributed by atoms with E-state index in [1.807, 2.05) is 32.3 Å². The van der Waals surface area contributed by atoms with Gasteiger partial charge >= 0.3 is 0 Å². The van der Waals surface area contributed by atoms with Crippen LogP contribution in [0.2, 0.25) is 0 Å². The van der Waals surface area contributed by atoms with E-state index in [2.05, 4.69) is 86.7 Å². The van der Waals surface area contributed by atoms with Crippen LogP contribution in [0.4, 0.5) is 0 Å². The highest BCUT2D eigenvalue weighted by Crippen LogP contribution is 2.34. The lowest BCUT2D eigenvalue weighted by Crippen LogP contribution is -2.31. The molecular weight excluding hydrogens is 494 g/mol. The molecule has 0 bridgehead atoms. The van der Waals surface area contributed by atoms with Crippen LogP contribution < -0.4 is 5.32 Å². The highest BCUT2D eigenvalue weighted by Gasteiger charge is 2.28. The number of fused-ring (bicyclic) bond motifs is 2. The molecule has 2 aromatic carbocycles. The maximum absolute atomic E-state index is 4.90. The number of pyridine rings is 1. The fourth-order valence-corrected chi connectivity index (χ4v) is 5.89. The number of hydrogen-bond donors (Lipinski definition) is 2. The van der Waals surface area contributed by atoms with Gasteiger partial charge in [-0.05, 0) is 74.9 Å². The number of aryl methyl sites for hydroxylation is 3. The highest BCUT2D eigenvalue weighted by molar-refractivity contribution is 5.74. The van der Waals surface area contributed by atoms with Gasteiger partial charge in [0.05, 0.1) is 46.4 Å². The van der Waals surface area contributed by atoms with Crippen LogP contribution in [0, 0.1) is 13.8 Å². The minimum atomic E-state index is 0.131. The van der Waals surface area contributed by atoms with Gasteiger partial charge in [0.1, 0.15) is 5.82 Å². The van der Waals surface area contributed by atoms with Crippen molar-refractivity contribution in [2.45, 2.75) is 71.8 Å². The molecule has 2 unspecified atom stereocenters. The minimum absolute atomic E-state index is 0.131. The van der Waals surface area contributed by atoms with Crippen molar-refractivity contribution >= 4 is 11.0 Å². The second-order valence-corrected chi connectivity index (χ2v) is 11.0. The van der Waals surface area contributed by atoms with Gasteiger partial charge in [-0.25, -0.2) is 4.98 Å². The molecule has 1 aliphatic carbocycles. The molecule has 0 amide bonds. The standard InChI is InChI=1S/C33H37N7/c1-22-18-36-32(24(3)37-22)23(2)35-19-25-13-15-26(16-14-25)20-40(21-31-38-28-10-4-5-11-29(28)39-31)30-12-6-8-27-9-7-17-34-33(27)30/h4-5,7,9-11,13-18,23,30,35H,6,8,12,19-21H2,1-3H3,(H,38,39). The van der Waals surface area contributed by atoms with E-state index in [9.17, 15) is 0 Å². The van der Waals surface area contributed by atoms with Gasteiger partial charge in [-0.15, -0.1) is 0 Å². The first-order chi connectivity index (χ1) is 19.5. The Balaban J connectivity index is 1.19. The Bertz CT molecular complexity index is 1560. The summed E-state index contributed by atoms with van der Waals surface area (Å²) in [7, 11) is 0. The van der Waals surface area contributed by atoms with Gasteiger partial charge in [0.15, 0.2) is 0 Å². The van der Waals surface area contributed by atoms with E-state index in [4.69, 9.17) is 9.97 Å². The molecule has 3 heterocycles. The van der Waals surface area contributed by atoms with Gasteiger partial charge in [-0.1, -0.05) is 42.5 Å². The van der Waals surface area contributed by atoms with Crippen molar-refractivity contribution in [2.75, 3.05) is 0 Å². The monoisotopic (exact) mass is 531 g/mol. The van der Waals surface area contributed by atoms with Gasteiger partial charge < -0.3 is 10.3 Å². The van der Waals surface area contributed by atoms with Gasteiger partial charge in [-0.3, -0.25) is 19.9 Å². The summed E-state index contributed by atoms with van der Waals surface area (Å²) in [5.74, 6) is 0.994. The molecule has 3 aromatic heterocycles. The van der Waals surface area contributed by atoms with Gasteiger partial charge in [0.25, 0.3) is 0 Å². The van der Waals surface area contributed by atoms with Gasteiger partial charge in [0.2, 0.25) is 0 Å². The molecule has 5 aromatic rings. The second kappa shape index (κ2) is 11.7. The number of nitrogens with zero attached hydrogens (tertiary/aromatic N) is 5. The summed E-state index contributed by atoms with van der Waals surface area (Å²) in [5, 5.41) is 3.61. The summed E-state index contributed by atoms with van der Waals surface area (Å²) >= 11 is 0. The molecule has 1 aliphatic rings. The predicted octanol–water partition coefficient (Wildman–Crippen LogP) is 6.30. The van der Waals surface area contributed by atoms with Crippen molar-refractivity contribution in [3.63, 3.8) is 0 Å². The first-order valence-corrected chi connectivity index (χ1v) is 14.3. The molecule has 7 nitrogen and oxygen atoms in total. The molecule has 0 aliphatic heterocycles. The number of aromatic amines is 1. The Morgan fingerprint density at radius 1 is 0.950 bits per heavy atom. The summed E-state index contributed by atoms with van der Waals surface area (Å²) in [6, 6.07) is 21.9. The smallest absolute Gasteiger partial charge is 0.121 e. The van der Waals surface area contributed by atoms with Crippen LogP contribution in [0.1, 0.15) is 77.1 Å². The fraction of sp³-hybridized carbons (Fsp3) is 0.333. The Hall–Kier alpha value is -3.94. The fourth-order valence-electron chi connectivity index (χ4n) is 5.89. The third-order valence-corrected chi connectivity index (χ3v) is 7.93. The summed E-state index contributed by atoms with van der Waals surface area (Å²) in [6.45, 7) is 8.50. The zero-order valence-corrected chi connectivity index (χ0v) is 23.6. The number of aromatic nitrogens is 5. The molecule has 7 heteroatoms. The zero-order valence-electron chi connectivity index (χ0n) is 23.6. The number of imidazole rings is 1. The molecule has 2 N–H and O–H groups in total. The molecule has 6 rings (SSSR count). The van der Waals surface area contributed by atoms with Crippen molar-refractivity contribution in [1.29, 1.82) is 0 Å². The average molecular weight is 532 g/mol. The van der Waals surface area contributed by atoms with Crippen LogP contribution in [0.5, 0.6) is 0 Å². The molecule has 0 spiro atoms. The van der Waals surface area contributed by atoms with Crippen LogP contribution in [-0.4, -0.2) is 29.8 Å². The van der Waals surface area contributed by atoms with Gasteiger partial charge in [-0.2, -0.15) is 0 Å². The number of hydrogen-bond acceptors (Lipinski definition) is 6. The molecule has 2 atom stereocenters. The lowest BCUT2D eigenvalue weighted by Gasteiger charge is -2.34. The van der Waals surface area contributed by atoms with Crippen molar-refractivity contribution in [3.05, 3.63) is 118 Å². The highest BCUT2D eigenvalue weighted by atomic mass is 15.2. The molecule has 0 radical (unpaired) electrons. The first kappa shape index (κ1) is 26.3. The summed E-state index contributed by atoms with van der Waals surface area (Å²) < 4.78 is 0. The Morgan fingerprint density at radius 2 is 1.77 bits per heavy atom. The van der Waals surface area contributed by atoms with Crippen molar-refractivity contribution in [1.82, 2.24) is 35.1 Å². The van der Waals surface area contributed by atoms with E-state index < -0.39 is 0 Å². The summed E-state index contributed by atoms with van der Waals surface area (Å²) in [6.07, 6.45) is 7.15. The summed E-state index contributed by atoms with van der Waals surface area (Å²) in [4.78, 5) is 25.0. The molecule has 40 heavy (non-hydrogen) atoms. The zero-order chi connectivity index (χ0) is 27.5. The van der Waals surface area contributed by atoms with Crippen molar-refractivity contribution in [2.24, 2.45) is 0 Å². The normalized spacial score (nSPS) is 15.8. The van der Waals surface area contributed by atoms with Crippen LogP contribution in [-0.2, 0) is 26.1 Å². The van der Waals surface area contributed by atoms with Crippen LogP contribution in [0.3, 0.4) is 0 Å². The van der Waals surface area contributed by atoms with E-state index in [-0.39, 0.29) is 12.1 Å². The number of benzene rings is 2. The quantitative estimate of drug-likeness (QED) is 0.232. The SMILES string of the molecule is Cc1cnc(C(C)NCc2ccc(CN(Cc3nc4ccccc4[nH]3)C3CCCc4cccnc43)cc2)c(C)n1.